The zero-order valence-corrected chi connectivity index (χ0v) is 17.8. The van der Waals surface area contributed by atoms with Gasteiger partial charge in [0.1, 0.15) is 26.9 Å². The molecule has 1 aliphatic heterocycles. The van der Waals surface area contributed by atoms with Crippen LogP contribution in [0, 0.1) is 18.4 Å². The normalized spacial score (nSPS) is 14.4. The summed E-state index contributed by atoms with van der Waals surface area (Å²) in [5.74, 6) is 4.12. The molecule has 1 fully saturated rings. The zero-order chi connectivity index (χ0) is 18.6. The standard InChI is InChI=1S/C22H32O2Si/c1-16(2)25(17(3)4,18(5)6)15-12-21(22-23-13-14-24-22)20-10-8-19(7)9-11-20/h8-11,16-18H,13-14H2,1-7H3. The monoisotopic (exact) mass is 356 g/mol. The molecule has 0 aromatic heterocycles. The summed E-state index contributed by atoms with van der Waals surface area (Å²) >= 11 is 0. The maximum atomic E-state index is 5.72. The molecule has 1 saturated heterocycles. The van der Waals surface area contributed by atoms with Crippen LogP contribution in [-0.2, 0) is 9.47 Å². The van der Waals surface area contributed by atoms with Gasteiger partial charge in [0.2, 0.25) is 0 Å². The number of rotatable bonds is 4. The van der Waals surface area contributed by atoms with E-state index in [1.807, 2.05) is 0 Å². The Morgan fingerprint density at radius 3 is 1.80 bits per heavy atom. The van der Waals surface area contributed by atoms with E-state index in [0.717, 1.165) is 11.1 Å². The summed E-state index contributed by atoms with van der Waals surface area (Å²) in [5, 5.41) is 0. The highest BCUT2D eigenvalue weighted by Gasteiger charge is 2.41. The molecule has 136 valence electrons. The van der Waals surface area contributed by atoms with Crippen LogP contribution in [0.3, 0.4) is 0 Å². The first-order valence-electron chi connectivity index (χ1n) is 9.39. The van der Waals surface area contributed by atoms with E-state index in [1.165, 1.54) is 5.56 Å². The molecule has 2 nitrogen and oxygen atoms in total. The Bertz CT molecular complexity index is 642. The molecule has 2 rings (SSSR count). The van der Waals surface area contributed by atoms with Crippen LogP contribution in [-0.4, -0.2) is 21.3 Å². The number of aryl methyl sites for hydroxylation is 1. The second-order valence-electron chi connectivity index (χ2n) is 7.87. The van der Waals surface area contributed by atoms with Crippen LogP contribution >= 0.6 is 0 Å². The van der Waals surface area contributed by atoms with E-state index in [9.17, 15) is 0 Å². The summed E-state index contributed by atoms with van der Waals surface area (Å²) in [4.78, 5) is 0. The van der Waals surface area contributed by atoms with E-state index in [2.05, 4.69) is 84.2 Å². The molecule has 0 saturated carbocycles. The van der Waals surface area contributed by atoms with Crippen molar-refractivity contribution in [1.29, 1.82) is 0 Å². The highest BCUT2D eigenvalue weighted by Crippen LogP contribution is 2.41. The molecule has 1 aromatic rings. The summed E-state index contributed by atoms with van der Waals surface area (Å²) in [6.45, 7) is 17.3. The van der Waals surface area contributed by atoms with E-state index in [-0.39, 0.29) is 0 Å². The quantitative estimate of drug-likeness (QED) is 0.491. The number of ether oxygens (including phenoxy) is 2. The third-order valence-corrected chi connectivity index (χ3v) is 11.7. The maximum Gasteiger partial charge on any atom is 0.296 e. The van der Waals surface area contributed by atoms with Crippen LogP contribution in [0.1, 0.15) is 52.7 Å². The largest absolute Gasteiger partial charge is 0.461 e. The molecule has 0 spiro atoms. The van der Waals surface area contributed by atoms with Gasteiger partial charge in [0.05, 0.1) is 0 Å². The molecule has 25 heavy (non-hydrogen) atoms. The van der Waals surface area contributed by atoms with E-state index < -0.39 is 8.07 Å². The van der Waals surface area contributed by atoms with Crippen molar-refractivity contribution < 1.29 is 9.47 Å². The third-order valence-electron chi connectivity index (χ3n) is 5.36. The highest BCUT2D eigenvalue weighted by molar-refractivity contribution is 6.90. The minimum absolute atomic E-state index is 0.593. The topological polar surface area (TPSA) is 18.5 Å². The van der Waals surface area contributed by atoms with Gasteiger partial charge in [-0.2, -0.15) is 0 Å². The molecule has 1 aromatic carbocycles. The van der Waals surface area contributed by atoms with Gasteiger partial charge in [0.15, 0.2) is 0 Å². The lowest BCUT2D eigenvalue weighted by molar-refractivity contribution is 0.179. The lowest BCUT2D eigenvalue weighted by Crippen LogP contribution is -2.43. The SMILES string of the molecule is Cc1ccc(C(C#C[Si](C(C)C)(C(C)C)C(C)C)=C2OCCO2)cc1. The van der Waals surface area contributed by atoms with Gasteiger partial charge in [-0.1, -0.05) is 77.3 Å². The lowest BCUT2D eigenvalue weighted by atomic mass is 10.1. The molecule has 0 aliphatic carbocycles. The number of benzene rings is 1. The van der Waals surface area contributed by atoms with Gasteiger partial charge in [0, 0.05) is 0 Å². The van der Waals surface area contributed by atoms with Crippen LogP contribution in [0.25, 0.3) is 5.57 Å². The lowest BCUT2D eigenvalue weighted by Gasteiger charge is -2.38. The van der Waals surface area contributed by atoms with Gasteiger partial charge in [-0.25, -0.2) is 0 Å². The van der Waals surface area contributed by atoms with Crippen LogP contribution in [0.4, 0.5) is 0 Å². The number of hydrogen-bond acceptors (Lipinski definition) is 2. The smallest absolute Gasteiger partial charge is 0.296 e. The minimum atomic E-state index is -1.79. The first-order valence-corrected chi connectivity index (χ1v) is 11.6. The van der Waals surface area contributed by atoms with E-state index in [1.54, 1.807) is 0 Å². The second kappa shape index (κ2) is 8.14. The fraction of sp³-hybridized carbons (Fsp3) is 0.545. The number of hydrogen-bond donors (Lipinski definition) is 0. The highest BCUT2D eigenvalue weighted by atomic mass is 28.3. The van der Waals surface area contributed by atoms with Gasteiger partial charge < -0.3 is 9.47 Å². The van der Waals surface area contributed by atoms with E-state index >= 15 is 0 Å². The van der Waals surface area contributed by atoms with Gasteiger partial charge in [-0.3, -0.25) is 0 Å². The zero-order valence-electron chi connectivity index (χ0n) is 16.8. The molecular formula is C22H32O2Si. The third kappa shape index (κ3) is 4.12. The molecule has 3 heteroatoms. The van der Waals surface area contributed by atoms with Crippen molar-refractivity contribution in [3.05, 3.63) is 41.3 Å². The van der Waals surface area contributed by atoms with Crippen molar-refractivity contribution in [2.75, 3.05) is 13.2 Å². The molecule has 0 bridgehead atoms. The summed E-state index contributed by atoms with van der Waals surface area (Å²) in [6.07, 6.45) is 0. The van der Waals surface area contributed by atoms with Crippen molar-refractivity contribution in [1.82, 2.24) is 0 Å². The van der Waals surface area contributed by atoms with Gasteiger partial charge in [-0.15, -0.1) is 5.54 Å². The van der Waals surface area contributed by atoms with Crippen molar-refractivity contribution >= 4 is 13.6 Å². The molecule has 1 aliphatic rings. The Labute approximate surface area is 154 Å². The first kappa shape index (κ1) is 19.7. The summed E-state index contributed by atoms with van der Waals surface area (Å²) in [7, 11) is -1.79. The van der Waals surface area contributed by atoms with Crippen LogP contribution in [0.2, 0.25) is 16.6 Å². The molecule has 0 N–H and O–H groups in total. The van der Waals surface area contributed by atoms with Crippen LogP contribution in [0.15, 0.2) is 30.2 Å². The number of allylic oxidation sites excluding steroid dienone is 1. The van der Waals surface area contributed by atoms with Crippen LogP contribution in [0.5, 0.6) is 0 Å². The fourth-order valence-corrected chi connectivity index (χ4v) is 9.23. The summed E-state index contributed by atoms with van der Waals surface area (Å²) in [6, 6.07) is 8.45. The minimum Gasteiger partial charge on any atom is -0.461 e. The molecule has 1 heterocycles. The Morgan fingerprint density at radius 2 is 1.36 bits per heavy atom. The Kier molecular flexibility index (Phi) is 6.40. The fourth-order valence-electron chi connectivity index (χ4n) is 4.02. The predicted octanol–water partition coefficient (Wildman–Crippen LogP) is 5.93. The predicted molar refractivity (Wildman–Crippen MR) is 109 cm³/mol. The average molecular weight is 357 g/mol. The van der Waals surface area contributed by atoms with Crippen molar-refractivity contribution in [3.8, 4) is 11.5 Å². The van der Waals surface area contributed by atoms with Gasteiger partial charge in [0.25, 0.3) is 5.95 Å². The van der Waals surface area contributed by atoms with E-state index in [4.69, 9.17) is 9.47 Å². The second-order valence-corrected chi connectivity index (χ2v) is 13.5. The summed E-state index contributed by atoms with van der Waals surface area (Å²) in [5.41, 5.74) is 8.83. The Hall–Kier alpha value is -1.66. The molecule has 0 atom stereocenters. The van der Waals surface area contributed by atoms with Crippen molar-refractivity contribution in [2.24, 2.45) is 0 Å². The van der Waals surface area contributed by atoms with Gasteiger partial charge in [-0.05, 0) is 29.1 Å². The molecule has 0 radical (unpaired) electrons. The Balaban J connectivity index is 2.56. The summed E-state index contributed by atoms with van der Waals surface area (Å²) < 4.78 is 11.4. The Morgan fingerprint density at radius 1 is 0.880 bits per heavy atom. The van der Waals surface area contributed by atoms with Crippen molar-refractivity contribution in [3.63, 3.8) is 0 Å². The maximum absolute atomic E-state index is 5.72. The van der Waals surface area contributed by atoms with E-state index in [0.29, 0.717) is 35.8 Å². The molecule has 0 amide bonds. The molecule has 0 unspecified atom stereocenters. The first-order chi connectivity index (χ1) is 11.8. The molecular weight excluding hydrogens is 324 g/mol. The van der Waals surface area contributed by atoms with Crippen molar-refractivity contribution in [2.45, 2.75) is 65.1 Å². The average Bonchev–Trinajstić information content (AvgIpc) is 3.06. The van der Waals surface area contributed by atoms with Gasteiger partial charge >= 0.3 is 0 Å². The van der Waals surface area contributed by atoms with Crippen LogP contribution < -0.4 is 0 Å².